The van der Waals surface area contributed by atoms with E-state index in [1.165, 1.54) is 58.0 Å². The van der Waals surface area contributed by atoms with E-state index in [1.54, 1.807) is 0 Å². The largest absolute Gasteiger partial charge is 0.314 e. The fraction of sp³-hybridized carbons (Fsp3) is 1.00. The van der Waals surface area contributed by atoms with Crippen molar-refractivity contribution in [2.24, 2.45) is 11.3 Å². The lowest BCUT2D eigenvalue weighted by atomic mass is 9.71. The molecule has 1 saturated carbocycles. The first kappa shape index (κ1) is 15.3. The molecule has 0 aromatic rings. The summed E-state index contributed by atoms with van der Waals surface area (Å²) in [5.74, 6) is 0.937. The van der Waals surface area contributed by atoms with Crippen LogP contribution in [0.3, 0.4) is 0 Å². The Kier molecular flexibility index (Phi) is 5.30. The fourth-order valence-electron chi connectivity index (χ4n) is 3.96. The number of hydrogen-bond donors (Lipinski definition) is 1. The van der Waals surface area contributed by atoms with E-state index in [0.717, 1.165) is 18.0 Å². The summed E-state index contributed by atoms with van der Waals surface area (Å²) < 4.78 is 0. The summed E-state index contributed by atoms with van der Waals surface area (Å²) in [6.07, 6.45) is 9.78. The maximum atomic E-state index is 3.81. The molecule has 112 valence electrons. The Morgan fingerprint density at radius 2 is 1.74 bits per heavy atom. The van der Waals surface area contributed by atoms with Crippen LogP contribution in [0.2, 0.25) is 0 Å². The van der Waals surface area contributed by atoms with Crippen LogP contribution in [0.15, 0.2) is 0 Å². The van der Waals surface area contributed by atoms with Gasteiger partial charge in [-0.2, -0.15) is 0 Å². The van der Waals surface area contributed by atoms with E-state index >= 15 is 0 Å². The molecule has 1 saturated heterocycles. The Bertz CT molecular complexity index is 261. The minimum absolute atomic E-state index is 0.511. The van der Waals surface area contributed by atoms with Crippen molar-refractivity contribution in [2.75, 3.05) is 20.1 Å². The molecule has 2 rings (SSSR count). The third kappa shape index (κ3) is 4.46. The highest BCUT2D eigenvalue weighted by molar-refractivity contribution is 4.84. The highest BCUT2D eigenvalue weighted by atomic mass is 15.1. The van der Waals surface area contributed by atoms with Crippen LogP contribution in [0.1, 0.15) is 65.7 Å². The molecule has 2 nitrogen and oxygen atoms in total. The second kappa shape index (κ2) is 6.58. The zero-order valence-corrected chi connectivity index (χ0v) is 13.5. The van der Waals surface area contributed by atoms with Crippen molar-refractivity contribution in [3.8, 4) is 0 Å². The summed E-state index contributed by atoms with van der Waals surface area (Å²) in [6.45, 7) is 9.74. The average Bonchev–Trinajstić information content (AvgIpc) is 2.75. The van der Waals surface area contributed by atoms with Gasteiger partial charge in [-0.05, 0) is 76.4 Å². The van der Waals surface area contributed by atoms with Gasteiger partial charge >= 0.3 is 0 Å². The number of likely N-dealkylation sites (tertiary alicyclic amines) is 1. The Labute approximate surface area is 120 Å². The molecular weight excluding hydrogens is 232 g/mol. The average molecular weight is 266 g/mol. The van der Waals surface area contributed by atoms with Gasteiger partial charge in [0.25, 0.3) is 0 Å². The molecule has 0 amide bonds. The van der Waals surface area contributed by atoms with Gasteiger partial charge in [0.05, 0.1) is 0 Å². The van der Waals surface area contributed by atoms with Gasteiger partial charge < -0.3 is 10.2 Å². The summed E-state index contributed by atoms with van der Waals surface area (Å²) in [7, 11) is 2.28. The van der Waals surface area contributed by atoms with Gasteiger partial charge in [-0.1, -0.05) is 20.8 Å². The Morgan fingerprint density at radius 3 is 2.26 bits per heavy atom. The van der Waals surface area contributed by atoms with E-state index in [1.807, 2.05) is 0 Å². The zero-order valence-electron chi connectivity index (χ0n) is 13.5. The van der Waals surface area contributed by atoms with Crippen LogP contribution in [0.5, 0.6) is 0 Å². The van der Waals surface area contributed by atoms with Gasteiger partial charge in [-0.3, -0.25) is 0 Å². The van der Waals surface area contributed by atoms with Crippen LogP contribution in [0.25, 0.3) is 0 Å². The van der Waals surface area contributed by atoms with Crippen LogP contribution in [0, 0.1) is 11.3 Å². The van der Waals surface area contributed by atoms with E-state index in [4.69, 9.17) is 0 Å². The molecule has 2 aliphatic rings. The first-order chi connectivity index (χ1) is 8.97. The molecule has 1 heterocycles. The summed E-state index contributed by atoms with van der Waals surface area (Å²) >= 11 is 0. The topological polar surface area (TPSA) is 15.3 Å². The first-order valence-corrected chi connectivity index (χ1v) is 8.40. The van der Waals surface area contributed by atoms with Gasteiger partial charge in [0.2, 0.25) is 0 Å². The van der Waals surface area contributed by atoms with Gasteiger partial charge in [-0.25, -0.2) is 0 Å². The number of rotatable bonds is 4. The molecule has 1 aliphatic carbocycles. The van der Waals surface area contributed by atoms with Crippen molar-refractivity contribution >= 4 is 0 Å². The number of nitrogens with zero attached hydrogens (tertiary/aromatic N) is 1. The molecule has 0 bridgehead atoms. The van der Waals surface area contributed by atoms with Crippen molar-refractivity contribution < 1.29 is 0 Å². The standard InChI is InChI=1S/C17H34N2/c1-17(2,3)14-7-9-15(10-8-14)18-12-11-16-6-5-13-19(16)4/h14-16,18H,5-13H2,1-4H3. The third-order valence-electron chi connectivity index (χ3n) is 5.53. The molecule has 2 heteroatoms. The van der Waals surface area contributed by atoms with Crippen LogP contribution < -0.4 is 5.32 Å². The molecule has 1 N–H and O–H groups in total. The highest BCUT2D eigenvalue weighted by Crippen LogP contribution is 2.37. The van der Waals surface area contributed by atoms with Gasteiger partial charge in [0.1, 0.15) is 0 Å². The Hall–Kier alpha value is -0.0800. The molecule has 0 spiro atoms. The van der Waals surface area contributed by atoms with Crippen LogP contribution >= 0.6 is 0 Å². The molecule has 1 unspecified atom stereocenters. The summed E-state index contributed by atoms with van der Waals surface area (Å²) in [5.41, 5.74) is 0.511. The summed E-state index contributed by atoms with van der Waals surface area (Å²) in [5, 5.41) is 3.81. The van der Waals surface area contributed by atoms with E-state index in [2.05, 4.69) is 38.0 Å². The van der Waals surface area contributed by atoms with Crippen LogP contribution in [-0.2, 0) is 0 Å². The van der Waals surface area contributed by atoms with Crippen molar-refractivity contribution in [1.29, 1.82) is 0 Å². The summed E-state index contributed by atoms with van der Waals surface area (Å²) in [6, 6.07) is 1.64. The highest BCUT2D eigenvalue weighted by Gasteiger charge is 2.29. The predicted octanol–water partition coefficient (Wildman–Crippen LogP) is 3.67. The maximum Gasteiger partial charge on any atom is 0.0105 e. The summed E-state index contributed by atoms with van der Waals surface area (Å²) in [4.78, 5) is 2.54. The molecule has 0 radical (unpaired) electrons. The minimum Gasteiger partial charge on any atom is -0.314 e. The predicted molar refractivity (Wildman–Crippen MR) is 83.5 cm³/mol. The van der Waals surface area contributed by atoms with Gasteiger partial charge in [0.15, 0.2) is 0 Å². The molecule has 0 aromatic heterocycles. The SMILES string of the molecule is CN1CCCC1CCNC1CCC(C(C)(C)C)CC1. The molecule has 19 heavy (non-hydrogen) atoms. The number of nitrogens with one attached hydrogen (secondary N) is 1. The van der Waals surface area contributed by atoms with Crippen LogP contribution in [-0.4, -0.2) is 37.1 Å². The lowest BCUT2D eigenvalue weighted by Gasteiger charge is -2.37. The Balaban J connectivity index is 1.61. The molecule has 1 atom stereocenters. The molecule has 0 aromatic carbocycles. The van der Waals surface area contributed by atoms with E-state index in [0.29, 0.717) is 5.41 Å². The monoisotopic (exact) mass is 266 g/mol. The first-order valence-electron chi connectivity index (χ1n) is 8.40. The normalized spacial score (nSPS) is 33.8. The Morgan fingerprint density at radius 1 is 1.05 bits per heavy atom. The molecular formula is C17H34N2. The van der Waals surface area contributed by atoms with Crippen molar-refractivity contribution in [3.05, 3.63) is 0 Å². The quantitative estimate of drug-likeness (QED) is 0.835. The van der Waals surface area contributed by atoms with Crippen molar-refractivity contribution in [2.45, 2.75) is 77.8 Å². The lowest BCUT2D eigenvalue weighted by Crippen LogP contribution is -2.38. The lowest BCUT2D eigenvalue weighted by molar-refractivity contribution is 0.159. The van der Waals surface area contributed by atoms with Crippen molar-refractivity contribution in [1.82, 2.24) is 10.2 Å². The van der Waals surface area contributed by atoms with E-state index < -0.39 is 0 Å². The maximum absolute atomic E-state index is 3.81. The van der Waals surface area contributed by atoms with Crippen LogP contribution in [0.4, 0.5) is 0 Å². The fourth-order valence-corrected chi connectivity index (χ4v) is 3.96. The van der Waals surface area contributed by atoms with E-state index in [-0.39, 0.29) is 0 Å². The third-order valence-corrected chi connectivity index (χ3v) is 5.53. The van der Waals surface area contributed by atoms with E-state index in [9.17, 15) is 0 Å². The second-order valence-corrected chi connectivity index (χ2v) is 7.93. The second-order valence-electron chi connectivity index (χ2n) is 7.93. The zero-order chi connectivity index (χ0) is 13.9. The molecule has 1 aliphatic heterocycles. The van der Waals surface area contributed by atoms with Crippen molar-refractivity contribution in [3.63, 3.8) is 0 Å². The number of hydrogen-bond acceptors (Lipinski definition) is 2. The minimum atomic E-state index is 0.511. The smallest absolute Gasteiger partial charge is 0.0105 e. The van der Waals surface area contributed by atoms with Gasteiger partial charge in [0, 0.05) is 12.1 Å². The molecule has 2 fully saturated rings. The van der Waals surface area contributed by atoms with Gasteiger partial charge in [-0.15, -0.1) is 0 Å².